The van der Waals surface area contributed by atoms with Crippen LogP contribution >= 0.6 is 0 Å². The third-order valence-electron chi connectivity index (χ3n) is 3.34. The van der Waals surface area contributed by atoms with Crippen molar-refractivity contribution in [3.8, 4) is 17.5 Å². The third kappa shape index (κ3) is 2.62. The number of nitrogens with zero attached hydrogens (tertiary/aromatic N) is 4. The Hall–Kier alpha value is -2.92. The van der Waals surface area contributed by atoms with Crippen LogP contribution in [-0.2, 0) is 4.74 Å². The van der Waals surface area contributed by atoms with Crippen molar-refractivity contribution < 1.29 is 14.1 Å². The molecule has 1 aromatic carbocycles. The van der Waals surface area contributed by atoms with Crippen molar-refractivity contribution in [3.05, 3.63) is 40.1 Å². The van der Waals surface area contributed by atoms with Gasteiger partial charge in [0.15, 0.2) is 0 Å². The van der Waals surface area contributed by atoms with Gasteiger partial charge in [-0.15, -0.1) is 0 Å². The molecule has 0 aliphatic carbocycles. The van der Waals surface area contributed by atoms with Gasteiger partial charge in [-0.2, -0.15) is 10.2 Å². The summed E-state index contributed by atoms with van der Waals surface area (Å²) in [6.07, 6.45) is 0. The topological polar surface area (TPSA) is 105 Å². The van der Waals surface area contributed by atoms with E-state index in [0.29, 0.717) is 37.8 Å². The summed E-state index contributed by atoms with van der Waals surface area (Å²) in [5, 5.41) is 19.9. The molecule has 1 saturated heterocycles. The van der Waals surface area contributed by atoms with E-state index in [1.54, 1.807) is 12.1 Å². The molecular formula is C14H12N4O4. The van der Waals surface area contributed by atoms with Crippen molar-refractivity contribution in [1.82, 2.24) is 4.98 Å². The molecule has 2 heterocycles. The Morgan fingerprint density at radius 1 is 1.27 bits per heavy atom. The van der Waals surface area contributed by atoms with Crippen molar-refractivity contribution >= 4 is 11.6 Å². The maximum atomic E-state index is 10.7. The number of aromatic nitrogens is 1. The van der Waals surface area contributed by atoms with Crippen LogP contribution in [0.15, 0.2) is 28.7 Å². The Morgan fingerprint density at radius 3 is 2.55 bits per heavy atom. The zero-order valence-corrected chi connectivity index (χ0v) is 11.6. The van der Waals surface area contributed by atoms with E-state index in [1.807, 2.05) is 11.0 Å². The monoisotopic (exact) mass is 300 g/mol. The molecule has 1 aliphatic rings. The molecule has 0 bridgehead atoms. The number of nitriles is 1. The van der Waals surface area contributed by atoms with Gasteiger partial charge in [0.25, 0.3) is 5.69 Å². The van der Waals surface area contributed by atoms with Crippen LogP contribution in [0.2, 0.25) is 0 Å². The van der Waals surface area contributed by atoms with E-state index in [1.165, 1.54) is 12.1 Å². The second-order valence-electron chi connectivity index (χ2n) is 4.69. The van der Waals surface area contributed by atoms with Gasteiger partial charge >= 0.3 is 0 Å². The molecule has 1 aliphatic heterocycles. The van der Waals surface area contributed by atoms with E-state index in [4.69, 9.17) is 9.15 Å². The normalized spacial score (nSPS) is 14.6. The third-order valence-corrected chi connectivity index (χ3v) is 3.34. The van der Waals surface area contributed by atoms with Crippen LogP contribution in [-0.4, -0.2) is 36.2 Å². The summed E-state index contributed by atoms with van der Waals surface area (Å²) in [6, 6.07) is 7.87. The van der Waals surface area contributed by atoms with Crippen LogP contribution in [0.5, 0.6) is 0 Å². The maximum Gasteiger partial charge on any atom is 0.269 e. The van der Waals surface area contributed by atoms with Crippen LogP contribution in [0.4, 0.5) is 11.6 Å². The second kappa shape index (κ2) is 5.83. The van der Waals surface area contributed by atoms with Crippen LogP contribution in [0, 0.1) is 21.4 Å². The Morgan fingerprint density at radius 2 is 1.95 bits per heavy atom. The largest absolute Gasteiger partial charge is 0.419 e. The zero-order chi connectivity index (χ0) is 15.5. The highest BCUT2D eigenvalue weighted by Crippen LogP contribution is 2.29. The van der Waals surface area contributed by atoms with Gasteiger partial charge in [-0.25, -0.2) is 0 Å². The molecule has 2 aromatic rings. The highest BCUT2D eigenvalue weighted by molar-refractivity contribution is 5.61. The molecule has 0 amide bonds. The number of rotatable bonds is 3. The van der Waals surface area contributed by atoms with Crippen molar-refractivity contribution in [1.29, 1.82) is 5.26 Å². The SMILES string of the molecule is N#Cc1nc(-c2ccc([N+](=O)[O-])cc2)oc1N1CCOCC1. The Balaban J connectivity index is 1.93. The highest BCUT2D eigenvalue weighted by atomic mass is 16.6. The molecule has 0 unspecified atom stereocenters. The Labute approximate surface area is 125 Å². The molecule has 8 nitrogen and oxygen atoms in total. The number of morpholine rings is 1. The van der Waals surface area contributed by atoms with Crippen LogP contribution < -0.4 is 4.90 Å². The average molecular weight is 300 g/mol. The van der Waals surface area contributed by atoms with E-state index in [2.05, 4.69) is 4.98 Å². The van der Waals surface area contributed by atoms with Gasteiger partial charge in [0.2, 0.25) is 17.5 Å². The number of oxazole rings is 1. The summed E-state index contributed by atoms with van der Waals surface area (Å²) in [7, 11) is 0. The van der Waals surface area contributed by atoms with Crippen LogP contribution in [0.1, 0.15) is 5.69 Å². The molecule has 1 fully saturated rings. The zero-order valence-electron chi connectivity index (χ0n) is 11.6. The van der Waals surface area contributed by atoms with E-state index < -0.39 is 4.92 Å². The summed E-state index contributed by atoms with van der Waals surface area (Å²) < 4.78 is 11.0. The lowest BCUT2D eigenvalue weighted by molar-refractivity contribution is -0.384. The molecule has 0 N–H and O–H groups in total. The lowest BCUT2D eigenvalue weighted by Crippen LogP contribution is -2.36. The lowest BCUT2D eigenvalue weighted by atomic mass is 10.2. The van der Waals surface area contributed by atoms with E-state index in [0.717, 1.165) is 0 Å². The predicted molar refractivity (Wildman–Crippen MR) is 76.3 cm³/mol. The molecule has 0 radical (unpaired) electrons. The van der Waals surface area contributed by atoms with Crippen molar-refractivity contribution in [3.63, 3.8) is 0 Å². The van der Waals surface area contributed by atoms with Gasteiger partial charge in [-0.1, -0.05) is 0 Å². The van der Waals surface area contributed by atoms with E-state index in [9.17, 15) is 15.4 Å². The van der Waals surface area contributed by atoms with Crippen molar-refractivity contribution in [2.75, 3.05) is 31.2 Å². The quantitative estimate of drug-likeness (QED) is 0.630. The minimum atomic E-state index is -0.473. The summed E-state index contributed by atoms with van der Waals surface area (Å²) >= 11 is 0. The number of nitro groups is 1. The Bertz CT molecular complexity index is 726. The van der Waals surface area contributed by atoms with Crippen LogP contribution in [0.25, 0.3) is 11.5 Å². The fraction of sp³-hybridized carbons (Fsp3) is 0.286. The van der Waals surface area contributed by atoms with Crippen molar-refractivity contribution in [2.45, 2.75) is 0 Å². The molecular weight excluding hydrogens is 288 g/mol. The molecule has 1 aromatic heterocycles. The number of nitro benzene ring substituents is 1. The number of ether oxygens (including phenoxy) is 1. The number of hydrogen-bond donors (Lipinski definition) is 0. The molecule has 3 rings (SSSR count). The van der Waals surface area contributed by atoms with Gasteiger partial charge in [0, 0.05) is 30.8 Å². The molecule has 0 atom stereocenters. The fourth-order valence-electron chi connectivity index (χ4n) is 2.21. The summed E-state index contributed by atoms with van der Waals surface area (Å²) in [5.41, 5.74) is 0.779. The van der Waals surface area contributed by atoms with Gasteiger partial charge < -0.3 is 14.1 Å². The van der Waals surface area contributed by atoms with Gasteiger partial charge in [-0.05, 0) is 12.1 Å². The second-order valence-corrected chi connectivity index (χ2v) is 4.69. The van der Waals surface area contributed by atoms with Gasteiger partial charge in [0.05, 0.1) is 18.1 Å². The van der Waals surface area contributed by atoms with E-state index in [-0.39, 0.29) is 17.3 Å². The average Bonchev–Trinajstić information content (AvgIpc) is 3.00. The first kappa shape index (κ1) is 14.0. The van der Waals surface area contributed by atoms with Crippen molar-refractivity contribution in [2.24, 2.45) is 0 Å². The summed E-state index contributed by atoms with van der Waals surface area (Å²) in [5.74, 6) is 0.687. The lowest BCUT2D eigenvalue weighted by Gasteiger charge is -2.25. The number of non-ortho nitro benzene ring substituents is 1. The minimum absolute atomic E-state index is 0.00999. The van der Waals surface area contributed by atoms with E-state index >= 15 is 0 Å². The predicted octanol–water partition coefficient (Wildman–Crippen LogP) is 1.96. The smallest absolute Gasteiger partial charge is 0.269 e. The minimum Gasteiger partial charge on any atom is -0.419 e. The highest BCUT2D eigenvalue weighted by Gasteiger charge is 2.22. The van der Waals surface area contributed by atoms with Gasteiger partial charge in [-0.3, -0.25) is 10.1 Å². The molecule has 0 spiro atoms. The molecule has 0 saturated carbocycles. The first-order valence-corrected chi connectivity index (χ1v) is 6.67. The first-order valence-electron chi connectivity index (χ1n) is 6.67. The fourth-order valence-corrected chi connectivity index (χ4v) is 2.21. The first-order chi connectivity index (χ1) is 10.7. The number of benzene rings is 1. The standard InChI is InChI=1S/C14H12N4O4/c15-9-12-14(17-5-7-21-8-6-17)22-13(16-12)10-1-3-11(4-2-10)18(19)20/h1-4H,5-8H2. The molecule has 22 heavy (non-hydrogen) atoms. The summed E-state index contributed by atoms with van der Waals surface area (Å²) in [6.45, 7) is 2.39. The van der Waals surface area contributed by atoms with Crippen LogP contribution in [0.3, 0.4) is 0 Å². The molecule has 112 valence electrons. The number of anilines is 1. The number of hydrogen-bond acceptors (Lipinski definition) is 7. The maximum absolute atomic E-state index is 10.7. The summed E-state index contributed by atoms with van der Waals surface area (Å²) in [4.78, 5) is 16.3. The Kier molecular flexibility index (Phi) is 3.72. The molecule has 8 heteroatoms. The van der Waals surface area contributed by atoms with Gasteiger partial charge in [0.1, 0.15) is 6.07 Å².